The number of nitrogens with two attached hydrogens (primary N) is 1. The molecule has 0 radical (unpaired) electrons. The van der Waals surface area contributed by atoms with Gasteiger partial charge in [-0.1, -0.05) is 12.8 Å². The van der Waals surface area contributed by atoms with Gasteiger partial charge < -0.3 is 11.1 Å². The summed E-state index contributed by atoms with van der Waals surface area (Å²) in [5, 5.41) is 10.6. The Morgan fingerprint density at radius 3 is 2.64 bits per heavy atom. The maximum atomic E-state index is 12.5. The molecule has 2 aromatic heterocycles. The molecule has 0 bridgehead atoms. The van der Waals surface area contributed by atoms with Crippen LogP contribution in [0.5, 0.6) is 0 Å². The topological polar surface area (TPSA) is 138 Å². The van der Waals surface area contributed by atoms with Gasteiger partial charge in [-0.2, -0.15) is 0 Å². The van der Waals surface area contributed by atoms with Crippen molar-refractivity contribution in [3.63, 3.8) is 0 Å². The van der Waals surface area contributed by atoms with E-state index in [1.54, 1.807) is 6.92 Å². The van der Waals surface area contributed by atoms with E-state index in [-0.39, 0.29) is 35.5 Å². The zero-order valence-corrected chi connectivity index (χ0v) is 14.2. The van der Waals surface area contributed by atoms with Gasteiger partial charge in [0.15, 0.2) is 17.0 Å². The lowest BCUT2D eigenvalue weighted by molar-refractivity contribution is -0.122. The molecule has 0 aliphatic heterocycles. The fourth-order valence-electron chi connectivity index (χ4n) is 3.05. The summed E-state index contributed by atoms with van der Waals surface area (Å²) < 4.78 is 2.56. The lowest BCUT2D eigenvalue weighted by Crippen LogP contribution is -2.41. The van der Waals surface area contributed by atoms with Crippen LogP contribution >= 0.6 is 0 Å². The molecule has 134 valence electrons. The summed E-state index contributed by atoms with van der Waals surface area (Å²) in [6.07, 6.45) is 3.79. The zero-order valence-electron chi connectivity index (χ0n) is 14.2. The first-order chi connectivity index (χ1) is 11.9. The van der Waals surface area contributed by atoms with Crippen LogP contribution in [0, 0.1) is 0 Å². The predicted octanol–water partition coefficient (Wildman–Crippen LogP) is -1.04. The van der Waals surface area contributed by atoms with Gasteiger partial charge in [0.1, 0.15) is 0 Å². The predicted molar refractivity (Wildman–Crippen MR) is 89.8 cm³/mol. The summed E-state index contributed by atoms with van der Waals surface area (Å²) in [5.41, 5.74) is 4.83. The van der Waals surface area contributed by atoms with Crippen molar-refractivity contribution in [2.45, 2.75) is 51.2 Å². The van der Waals surface area contributed by atoms with Crippen molar-refractivity contribution in [3.05, 3.63) is 26.7 Å². The number of nitrogens with one attached hydrogen (secondary N) is 1. The monoisotopic (exact) mass is 347 g/mol. The lowest BCUT2D eigenvalue weighted by Gasteiger charge is -2.16. The maximum absolute atomic E-state index is 12.5. The Labute approximate surface area is 143 Å². The van der Waals surface area contributed by atoms with Gasteiger partial charge in [-0.25, -0.2) is 9.78 Å². The number of hydrogen-bond acceptors (Lipinski definition) is 7. The van der Waals surface area contributed by atoms with E-state index in [0.717, 1.165) is 30.3 Å². The van der Waals surface area contributed by atoms with E-state index in [9.17, 15) is 14.4 Å². The number of fused-ring (bicyclic) bond motifs is 1. The van der Waals surface area contributed by atoms with Crippen LogP contribution in [-0.4, -0.2) is 36.3 Å². The molecule has 25 heavy (non-hydrogen) atoms. The summed E-state index contributed by atoms with van der Waals surface area (Å²) >= 11 is 0. The normalized spacial score (nSPS) is 16.3. The van der Waals surface area contributed by atoms with Gasteiger partial charge in [-0.3, -0.25) is 18.7 Å². The Hall–Kier alpha value is -2.62. The second-order valence-corrected chi connectivity index (χ2v) is 6.36. The average molecular weight is 347 g/mol. The van der Waals surface area contributed by atoms with Crippen LogP contribution in [0.4, 0.5) is 0 Å². The van der Waals surface area contributed by atoms with Crippen molar-refractivity contribution in [1.82, 2.24) is 29.6 Å². The largest absolute Gasteiger partial charge is 0.347 e. The highest BCUT2D eigenvalue weighted by Crippen LogP contribution is 2.29. The Balaban J connectivity index is 2.06. The van der Waals surface area contributed by atoms with E-state index in [4.69, 9.17) is 5.73 Å². The van der Waals surface area contributed by atoms with E-state index < -0.39 is 17.3 Å². The molecule has 0 saturated heterocycles. The second kappa shape index (κ2) is 6.71. The van der Waals surface area contributed by atoms with Crippen LogP contribution in [0.2, 0.25) is 0 Å². The van der Waals surface area contributed by atoms with Gasteiger partial charge in [-0.15, -0.1) is 10.2 Å². The van der Waals surface area contributed by atoms with Crippen molar-refractivity contribution < 1.29 is 4.79 Å². The maximum Gasteiger partial charge on any atom is 0.332 e. The highest BCUT2D eigenvalue weighted by Gasteiger charge is 2.24. The SMILES string of the molecule is CC(N)C(=O)NCc1nnc2c(n1)c(=O)n(C)c(=O)n2C1CCCC1. The molecule has 1 aliphatic carbocycles. The molecule has 1 aliphatic rings. The van der Waals surface area contributed by atoms with Gasteiger partial charge in [0.25, 0.3) is 5.56 Å². The summed E-state index contributed by atoms with van der Waals surface area (Å²) in [4.78, 5) is 40.7. The van der Waals surface area contributed by atoms with Crippen LogP contribution < -0.4 is 22.3 Å². The molecule has 1 fully saturated rings. The molecular weight excluding hydrogens is 326 g/mol. The average Bonchev–Trinajstić information content (AvgIpc) is 3.12. The summed E-state index contributed by atoms with van der Waals surface area (Å²) in [6, 6.07) is -0.657. The highest BCUT2D eigenvalue weighted by molar-refractivity contribution is 5.80. The molecular formula is C15H21N7O3. The minimum absolute atomic E-state index is 0.00143. The summed E-state index contributed by atoms with van der Waals surface area (Å²) in [7, 11) is 1.43. The minimum atomic E-state index is -0.658. The van der Waals surface area contributed by atoms with Gasteiger partial charge in [-0.05, 0) is 19.8 Å². The van der Waals surface area contributed by atoms with Crippen molar-refractivity contribution in [1.29, 1.82) is 0 Å². The molecule has 10 heteroatoms. The number of carbonyl (C=O) groups excluding carboxylic acids is 1. The number of amides is 1. The molecule has 0 spiro atoms. The Kier molecular flexibility index (Phi) is 4.62. The van der Waals surface area contributed by atoms with Gasteiger partial charge in [0.05, 0.1) is 12.6 Å². The number of rotatable bonds is 4. The Morgan fingerprint density at radius 1 is 1.32 bits per heavy atom. The molecule has 2 heterocycles. The van der Waals surface area contributed by atoms with Gasteiger partial charge in [0, 0.05) is 13.1 Å². The van der Waals surface area contributed by atoms with E-state index in [1.165, 1.54) is 11.6 Å². The Bertz CT molecular complexity index is 925. The third-order valence-electron chi connectivity index (χ3n) is 4.47. The van der Waals surface area contributed by atoms with E-state index in [1.807, 2.05) is 0 Å². The molecule has 3 rings (SSSR count). The van der Waals surface area contributed by atoms with Crippen LogP contribution in [0.1, 0.15) is 44.5 Å². The van der Waals surface area contributed by atoms with Crippen LogP contribution in [0.15, 0.2) is 9.59 Å². The molecule has 3 N–H and O–H groups in total. The third kappa shape index (κ3) is 3.16. The molecule has 1 atom stereocenters. The fourth-order valence-corrected chi connectivity index (χ4v) is 3.05. The van der Waals surface area contributed by atoms with Crippen LogP contribution in [0.25, 0.3) is 11.2 Å². The van der Waals surface area contributed by atoms with Crippen LogP contribution in [0.3, 0.4) is 0 Å². The van der Waals surface area contributed by atoms with E-state index in [2.05, 4.69) is 20.5 Å². The zero-order chi connectivity index (χ0) is 18.1. The number of hydrogen-bond donors (Lipinski definition) is 2. The first-order valence-electron chi connectivity index (χ1n) is 8.28. The number of aromatic nitrogens is 5. The first-order valence-corrected chi connectivity index (χ1v) is 8.28. The third-order valence-corrected chi connectivity index (χ3v) is 4.47. The molecule has 2 aromatic rings. The van der Waals surface area contributed by atoms with Gasteiger partial charge >= 0.3 is 5.69 Å². The molecule has 10 nitrogen and oxygen atoms in total. The molecule has 1 unspecified atom stereocenters. The number of carbonyl (C=O) groups is 1. The standard InChI is InChI=1S/C15H21N7O3/c1-8(16)13(23)17-7-10-18-11-12(20-19-10)22(9-5-3-4-6-9)15(25)21(2)14(11)24/h8-9H,3-7,16H2,1-2H3,(H,17,23). The molecule has 0 aromatic carbocycles. The molecule has 1 amide bonds. The van der Waals surface area contributed by atoms with Crippen molar-refractivity contribution in [2.24, 2.45) is 12.8 Å². The van der Waals surface area contributed by atoms with E-state index >= 15 is 0 Å². The Morgan fingerprint density at radius 2 is 2.00 bits per heavy atom. The number of nitrogens with zero attached hydrogens (tertiary/aromatic N) is 5. The minimum Gasteiger partial charge on any atom is -0.347 e. The van der Waals surface area contributed by atoms with Crippen molar-refractivity contribution in [2.75, 3.05) is 0 Å². The summed E-state index contributed by atoms with van der Waals surface area (Å²) in [6.45, 7) is 1.57. The smallest absolute Gasteiger partial charge is 0.332 e. The van der Waals surface area contributed by atoms with Gasteiger partial charge in [0.2, 0.25) is 5.91 Å². The lowest BCUT2D eigenvalue weighted by atomic mass is 10.2. The quantitative estimate of drug-likeness (QED) is 0.720. The van der Waals surface area contributed by atoms with Crippen LogP contribution in [-0.2, 0) is 18.4 Å². The van der Waals surface area contributed by atoms with E-state index in [0.29, 0.717) is 0 Å². The second-order valence-electron chi connectivity index (χ2n) is 6.36. The molecule has 1 saturated carbocycles. The summed E-state index contributed by atoms with van der Waals surface area (Å²) in [5.74, 6) is -0.164. The first kappa shape index (κ1) is 17.2. The fraction of sp³-hybridized carbons (Fsp3) is 0.600. The highest BCUT2D eigenvalue weighted by atomic mass is 16.2. The van der Waals surface area contributed by atoms with Crippen molar-refractivity contribution >= 4 is 17.1 Å². The van der Waals surface area contributed by atoms with Crippen molar-refractivity contribution in [3.8, 4) is 0 Å².